The fraction of sp³-hybridized carbons (Fsp3) is 0.167. The van der Waals surface area contributed by atoms with Crippen molar-refractivity contribution in [1.29, 1.82) is 0 Å². The summed E-state index contributed by atoms with van der Waals surface area (Å²) in [6.07, 6.45) is 0.464. The van der Waals surface area contributed by atoms with Crippen LogP contribution in [0.1, 0.15) is 12.0 Å². The van der Waals surface area contributed by atoms with E-state index in [0.717, 1.165) is 11.1 Å². The molecular weight excluding hydrogens is 241 g/mol. The van der Waals surface area contributed by atoms with Crippen LogP contribution in [-0.4, -0.2) is 18.1 Å². The average Bonchev–Trinajstić information content (AvgIpc) is 2.71. The first-order valence-corrected chi connectivity index (χ1v) is 5.40. The van der Waals surface area contributed by atoms with E-state index in [9.17, 15) is 9.18 Å². The predicted octanol–water partition coefficient (Wildman–Crippen LogP) is 2.03. The highest BCUT2D eigenvalue weighted by molar-refractivity contribution is 7.80. The van der Waals surface area contributed by atoms with E-state index in [-0.39, 0.29) is 5.82 Å². The quantitative estimate of drug-likeness (QED) is 0.644. The molecule has 1 N–H and O–H groups in total. The smallest absolute Gasteiger partial charge is 0.354 e. The summed E-state index contributed by atoms with van der Waals surface area (Å²) in [6, 6.07) is 5.92. The van der Waals surface area contributed by atoms with Gasteiger partial charge in [0, 0.05) is 6.42 Å². The molecule has 2 rings (SSSR count). The van der Waals surface area contributed by atoms with Crippen LogP contribution in [0.15, 0.2) is 30.0 Å². The first kappa shape index (κ1) is 11.7. The van der Waals surface area contributed by atoms with Crippen molar-refractivity contribution in [3.63, 3.8) is 0 Å². The monoisotopic (exact) mass is 251 g/mol. The molecule has 5 heteroatoms. The van der Waals surface area contributed by atoms with Crippen molar-refractivity contribution in [1.82, 2.24) is 5.32 Å². The zero-order valence-corrected chi connectivity index (χ0v) is 9.94. The molecule has 88 valence electrons. The molecule has 1 aliphatic rings. The highest BCUT2D eigenvalue weighted by atomic mass is 32.1. The van der Waals surface area contributed by atoms with Crippen LogP contribution in [0.4, 0.5) is 4.39 Å². The van der Waals surface area contributed by atoms with Gasteiger partial charge < -0.3 is 10.1 Å². The Balaban J connectivity index is 2.43. The van der Waals surface area contributed by atoms with Crippen LogP contribution in [-0.2, 0) is 9.53 Å². The number of rotatable bonds is 2. The maximum Gasteiger partial charge on any atom is 0.354 e. The normalized spacial score (nSPS) is 14.8. The van der Waals surface area contributed by atoms with Crippen molar-refractivity contribution in [2.45, 2.75) is 6.42 Å². The maximum absolute atomic E-state index is 12.8. The molecule has 1 aromatic rings. The second kappa shape index (κ2) is 4.63. The zero-order chi connectivity index (χ0) is 12.4. The van der Waals surface area contributed by atoms with Crippen molar-refractivity contribution in [3.8, 4) is 0 Å². The molecular formula is C12H10FNO2S. The number of ether oxygens (including phenoxy) is 1. The Morgan fingerprint density at radius 2 is 2.06 bits per heavy atom. The lowest BCUT2D eigenvalue weighted by Gasteiger charge is -2.05. The molecule has 0 bridgehead atoms. The third-order valence-electron chi connectivity index (χ3n) is 2.49. The molecule has 0 radical (unpaired) electrons. The first-order chi connectivity index (χ1) is 8.11. The van der Waals surface area contributed by atoms with Gasteiger partial charge in [-0.25, -0.2) is 9.18 Å². The summed E-state index contributed by atoms with van der Waals surface area (Å²) in [7, 11) is 1.31. The lowest BCUT2D eigenvalue weighted by Crippen LogP contribution is -2.20. The van der Waals surface area contributed by atoms with Gasteiger partial charge in [0.1, 0.15) is 11.5 Å². The number of carbonyl (C=O) groups is 1. The fourth-order valence-corrected chi connectivity index (χ4v) is 1.93. The van der Waals surface area contributed by atoms with Gasteiger partial charge in [0.05, 0.1) is 12.1 Å². The number of nitrogens with one attached hydrogen (secondary N) is 1. The van der Waals surface area contributed by atoms with E-state index in [1.54, 1.807) is 12.1 Å². The number of carbonyl (C=O) groups excluding carboxylic acids is 1. The Morgan fingerprint density at radius 3 is 2.65 bits per heavy atom. The van der Waals surface area contributed by atoms with Crippen LogP contribution < -0.4 is 5.32 Å². The average molecular weight is 251 g/mol. The van der Waals surface area contributed by atoms with Gasteiger partial charge in [0.25, 0.3) is 0 Å². The summed E-state index contributed by atoms with van der Waals surface area (Å²) in [6.45, 7) is 0. The summed E-state index contributed by atoms with van der Waals surface area (Å²) < 4.78 is 17.5. The molecule has 0 aliphatic carbocycles. The molecule has 0 saturated heterocycles. The van der Waals surface area contributed by atoms with Crippen molar-refractivity contribution in [2.75, 3.05) is 7.11 Å². The van der Waals surface area contributed by atoms with Crippen molar-refractivity contribution in [3.05, 3.63) is 41.3 Å². The third kappa shape index (κ3) is 2.34. The summed E-state index contributed by atoms with van der Waals surface area (Å²) in [4.78, 5) is 12.1. The van der Waals surface area contributed by atoms with Crippen molar-refractivity contribution >= 4 is 28.7 Å². The van der Waals surface area contributed by atoms with Gasteiger partial charge >= 0.3 is 5.97 Å². The van der Waals surface area contributed by atoms with E-state index < -0.39 is 5.97 Å². The number of methoxy groups -OCH3 is 1. The van der Waals surface area contributed by atoms with Gasteiger partial charge in [-0.05, 0) is 23.3 Å². The SMILES string of the molecule is COC(=O)C1=C(c2ccc(F)cc2)CC(=S)N1. The van der Waals surface area contributed by atoms with E-state index in [1.807, 2.05) is 0 Å². The molecule has 0 amide bonds. The van der Waals surface area contributed by atoms with Gasteiger partial charge in [-0.2, -0.15) is 0 Å². The molecule has 3 nitrogen and oxygen atoms in total. The van der Waals surface area contributed by atoms with Crippen LogP contribution >= 0.6 is 12.2 Å². The third-order valence-corrected chi connectivity index (χ3v) is 2.73. The number of benzene rings is 1. The maximum atomic E-state index is 12.8. The molecule has 1 aliphatic heterocycles. The van der Waals surface area contributed by atoms with Crippen LogP contribution in [0.25, 0.3) is 5.57 Å². The molecule has 17 heavy (non-hydrogen) atoms. The Kier molecular flexibility index (Phi) is 3.19. The molecule has 0 aromatic heterocycles. The largest absolute Gasteiger partial charge is 0.464 e. The van der Waals surface area contributed by atoms with Crippen LogP contribution in [0, 0.1) is 5.82 Å². The number of esters is 1. The van der Waals surface area contributed by atoms with Gasteiger partial charge in [-0.15, -0.1) is 0 Å². The Morgan fingerprint density at radius 1 is 1.41 bits per heavy atom. The zero-order valence-electron chi connectivity index (χ0n) is 9.12. The molecule has 1 heterocycles. The minimum atomic E-state index is -0.468. The predicted molar refractivity (Wildman–Crippen MR) is 65.7 cm³/mol. The van der Waals surface area contributed by atoms with Gasteiger partial charge in [0.2, 0.25) is 0 Å². The van der Waals surface area contributed by atoms with Gasteiger partial charge in [0.15, 0.2) is 0 Å². The summed E-state index contributed by atoms with van der Waals surface area (Å²) in [5.74, 6) is -0.785. The van der Waals surface area contributed by atoms with Gasteiger partial charge in [-0.3, -0.25) is 0 Å². The number of halogens is 1. The second-order valence-corrected chi connectivity index (χ2v) is 4.07. The lowest BCUT2D eigenvalue weighted by atomic mass is 10.0. The van der Waals surface area contributed by atoms with E-state index >= 15 is 0 Å². The molecule has 0 spiro atoms. The summed E-state index contributed by atoms with van der Waals surface area (Å²) in [5.41, 5.74) is 1.84. The highest BCUT2D eigenvalue weighted by Gasteiger charge is 2.25. The van der Waals surface area contributed by atoms with Gasteiger partial charge in [-0.1, -0.05) is 24.4 Å². The Hall–Kier alpha value is -1.75. The number of hydrogen-bond donors (Lipinski definition) is 1. The topological polar surface area (TPSA) is 38.3 Å². The summed E-state index contributed by atoms with van der Waals surface area (Å²) >= 11 is 5.03. The van der Waals surface area contributed by atoms with Crippen LogP contribution in [0.2, 0.25) is 0 Å². The van der Waals surface area contributed by atoms with Crippen molar-refractivity contribution in [2.24, 2.45) is 0 Å². The van der Waals surface area contributed by atoms with E-state index in [0.29, 0.717) is 17.1 Å². The van der Waals surface area contributed by atoms with Crippen LogP contribution in [0.5, 0.6) is 0 Å². The van der Waals surface area contributed by atoms with Crippen molar-refractivity contribution < 1.29 is 13.9 Å². The molecule has 1 aromatic carbocycles. The minimum Gasteiger partial charge on any atom is -0.464 e. The number of thiocarbonyl (C=S) groups is 1. The van der Waals surface area contributed by atoms with E-state index in [4.69, 9.17) is 12.2 Å². The molecule has 0 saturated carbocycles. The number of hydrogen-bond acceptors (Lipinski definition) is 3. The Labute approximate surface area is 103 Å². The van der Waals surface area contributed by atoms with E-state index in [1.165, 1.54) is 19.2 Å². The Bertz CT molecular complexity index is 508. The fourth-order valence-electron chi connectivity index (χ4n) is 1.68. The van der Waals surface area contributed by atoms with Crippen LogP contribution in [0.3, 0.4) is 0 Å². The lowest BCUT2D eigenvalue weighted by molar-refractivity contribution is -0.136. The molecule has 0 fully saturated rings. The minimum absolute atomic E-state index is 0.317. The highest BCUT2D eigenvalue weighted by Crippen LogP contribution is 2.27. The summed E-state index contributed by atoms with van der Waals surface area (Å²) in [5, 5.41) is 2.81. The van der Waals surface area contributed by atoms with E-state index in [2.05, 4.69) is 10.1 Å². The second-order valence-electron chi connectivity index (χ2n) is 3.58. The standard InChI is InChI=1S/C12H10FNO2S/c1-16-12(15)11-9(6-10(17)14-11)7-2-4-8(13)5-3-7/h2-5H,6H2,1H3,(H,14,17). The molecule has 0 atom stereocenters. The first-order valence-electron chi connectivity index (χ1n) is 4.99. The molecule has 0 unspecified atom stereocenters.